The first-order valence-electron chi connectivity index (χ1n) is 10.8. The molecule has 3 aliphatic heterocycles. The van der Waals surface area contributed by atoms with Gasteiger partial charge in [0.1, 0.15) is 18.9 Å². The number of H-pyrrole nitrogens is 1. The zero-order chi connectivity index (χ0) is 23.7. The summed E-state index contributed by atoms with van der Waals surface area (Å²) in [6.45, 7) is 0.644. The van der Waals surface area contributed by atoms with Crippen molar-refractivity contribution in [1.29, 1.82) is 0 Å². The van der Waals surface area contributed by atoms with Gasteiger partial charge in [0.2, 0.25) is 0 Å². The van der Waals surface area contributed by atoms with E-state index in [0.717, 1.165) is 50.0 Å². The Bertz CT molecular complexity index is 1360. The van der Waals surface area contributed by atoms with Crippen LogP contribution in [0.1, 0.15) is 0 Å². The summed E-state index contributed by atoms with van der Waals surface area (Å²) < 4.78 is 14.1. The van der Waals surface area contributed by atoms with Crippen LogP contribution in [-0.4, -0.2) is 57.4 Å². The second kappa shape index (κ2) is 9.49. The Morgan fingerprint density at radius 1 is 1.15 bits per heavy atom. The van der Waals surface area contributed by atoms with Gasteiger partial charge < -0.3 is 25.0 Å². The Kier molecular flexibility index (Phi) is 6.27. The minimum atomic E-state index is -0.569. The van der Waals surface area contributed by atoms with Crippen molar-refractivity contribution in [3.63, 3.8) is 0 Å². The molecule has 2 aromatic carbocycles. The molecule has 10 heteroatoms. The minimum absolute atomic E-state index is 0.228. The van der Waals surface area contributed by atoms with Crippen molar-refractivity contribution in [1.82, 2.24) is 14.8 Å². The molecule has 176 valence electrons. The molecule has 0 aliphatic carbocycles. The number of hydrogen-bond donors (Lipinski definition) is 4. The summed E-state index contributed by atoms with van der Waals surface area (Å²) in [5.41, 5.74) is 4.45. The Labute approximate surface area is 204 Å². The Morgan fingerprint density at radius 2 is 1.94 bits per heavy atom. The van der Waals surface area contributed by atoms with Crippen molar-refractivity contribution in [2.24, 2.45) is 12.0 Å². The Hall–Kier alpha value is -3.34. The number of aliphatic hydroxyl groups is 2. The molecule has 0 amide bonds. The summed E-state index contributed by atoms with van der Waals surface area (Å²) in [6.07, 6.45) is 1.63. The lowest BCUT2D eigenvalue weighted by atomic mass is 10.0. The third-order valence-corrected chi connectivity index (χ3v) is 6.45. The Balaban J connectivity index is 1.48. The van der Waals surface area contributed by atoms with Crippen LogP contribution in [0.4, 0.5) is 11.5 Å². The number of anilines is 2. The molecule has 9 nitrogen and oxygen atoms in total. The number of halogens is 1. The van der Waals surface area contributed by atoms with Crippen LogP contribution in [0, 0.1) is 0 Å². The Morgan fingerprint density at radius 3 is 2.74 bits per heavy atom. The molecule has 0 bridgehead atoms. The van der Waals surface area contributed by atoms with E-state index in [9.17, 15) is 10.2 Å². The van der Waals surface area contributed by atoms with Crippen LogP contribution in [0.15, 0.2) is 58.1 Å². The number of pyridine rings is 1. The van der Waals surface area contributed by atoms with Crippen molar-refractivity contribution in [3.05, 3.63) is 58.5 Å². The van der Waals surface area contributed by atoms with Crippen LogP contribution in [0.3, 0.4) is 0 Å². The normalized spacial score (nSPS) is 13.6. The van der Waals surface area contributed by atoms with Gasteiger partial charge in [0.05, 0.1) is 42.2 Å². The predicted molar refractivity (Wildman–Crippen MR) is 132 cm³/mol. The van der Waals surface area contributed by atoms with Crippen molar-refractivity contribution < 1.29 is 19.7 Å². The summed E-state index contributed by atoms with van der Waals surface area (Å²) in [5.74, 6) is 2.23. The number of ether oxygens (including phenoxy) is 2. The molecule has 4 N–H and O–H groups in total. The molecule has 0 atom stereocenters. The van der Waals surface area contributed by atoms with Crippen LogP contribution >= 0.6 is 15.9 Å². The van der Waals surface area contributed by atoms with E-state index < -0.39 is 6.04 Å². The molecule has 0 aromatic heterocycles. The van der Waals surface area contributed by atoms with Crippen molar-refractivity contribution in [2.75, 3.05) is 31.7 Å². The van der Waals surface area contributed by atoms with Gasteiger partial charge in [-0.1, -0.05) is 18.2 Å². The summed E-state index contributed by atoms with van der Waals surface area (Å²) in [5, 5.41) is 25.9. The second-order valence-electron chi connectivity index (χ2n) is 7.91. The average molecular weight is 526 g/mol. The van der Waals surface area contributed by atoms with Crippen LogP contribution in [0.2, 0.25) is 0 Å². The standard InChI is InChI=1S/C24H24BrN5O4/c1-30-19-10-15(27-16(12-31)13-32)11-26-23(19)24(29-30)28-18-4-2-3-17(22(18)25)14-5-6-20-21(9-14)34-8-7-33-20/h2-6,9-11,16,28-29,31-32H,7-8,12-13H2,1H3. The van der Waals surface area contributed by atoms with Gasteiger partial charge in [0.15, 0.2) is 17.3 Å². The summed E-state index contributed by atoms with van der Waals surface area (Å²) in [6, 6.07) is 13.2. The maximum absolute atomic E-state index is 9.30. The summed E-state index contributed by atoms with van der Waals surface area (Å²) >= 11 is 3.76. The van der Waals surface area contributed by atoms with Gasteiger partial charge in [-0.05, 0) is 51.3 Å². The van der Waals surface area contributed by atoms with Gasteiger partial charge >= 0.3 is 0 Å². The lowest BCUT2D eigenvalue weighted by molar-refractivity contribution is 0.171. The van der Waals surface area contributed by atoms with Gasteiger partial charge in [-0.25, -0.2) is 4.98 Å². The molecule has 0 radical (unpaired) electrons. The number of rotatable bonds is 6. The molecule has 3 aliphatic rings. The quantitative estimate of drug-likeness (QED) is 0.307. The van der Waals surface area contributed by atoms with Crippen molar-refractivity contribution >= 4 is 27.4 Å². The third kappa shape index (κ3) is 4.27. The van der Waals surface area contributed by atoms with E-state index in [1.54, 1.807) is 6.20 Å². The topological polar surface area (TPSA) is 117 Å². The first kappa shape index (κ1) is 22.5. The highest BCUT2D eigenvalue weighted by Crippen LogP contribution is 2.40. The van der Waals surface area contributed by atoms with Gasteiger partial charge in [0, 0.05) is 11.5 Å². The lowest BCUT2D eigenvalue weighted by Gasteiger charge is -2.19. The van der Waals surface area contributed by atoms with Gasteiger partial charge in [0.25, 0.3) is 0 Å². The summed E-state index contributed by atoms with van der Waals surface area (Å²) in [4.78, 5) is 8.89. The molecule has 0 unspecified atom stereocenters. The lowest BCUT2D eigenvalue weighted by Crippen LogP contribution is -2.20. The van der Waals surface area contributed by atoms with E-state index in [1.165, 1.54) is 0 Å². The fraction of sp³-hybridized carbons (Fsp3) is 0.250. The highest BCUT2D eigenvalue weighted by molar-refractivity contribution is 9.10. The number of hydrogen-bond acceptors (Lipinski definition) is 7. The van der Waals surface area contributed by atoms with Crippen LogP contribution in [-0.2, 0) is 7.05 Å². The first-order valence-corrected chi connectivity index (χ1v) is 11.6. The smallest absolute Gasteiger partial charge is 0.161 e. The van der Waals surface area contributed by atoms with E-state index in [4.69, 9.17) is 9.47 Å². The van der Waals surface area contributed by atoms with Gasteiger partial charge in [-0.3, -0.25) is 14.8 Å². The SMILES string of the molecule is Cn1[nH]c(Nc2cccc(-c3ccc4c(c3)OCCO4)c2Br)c2ncc(=NC(CO)CO)cc1-2. The molecular weight excluding hydrogens is 502 g/mol. The number of nitrogens with one attached hydrogen (secondary N) is 2. The molecule has 0 fully saturated rings. The zero-order valence-corrected chi connectivity index (χ0v) is 20.0. The molecule has 0 saturated heterocycles. The first-order chi connectivity index (χ1) is 16.6. The van der Waals surface area contributed by atoms with Crippen LogP contribution in [0.5, 0.6) is 11.5 Å². The van der Waals surface area contributed by atoms with Crippen LogP contribution in [0.25, 0.3) is 22.5 Å². The van der Waals surface area contributed by atoms with Crippen molar-refractivity contribution in [3.8, 4) is 34.0 Å². The van der Waals surface area contributed by atoms with Gasteiger partial charge in [-0.2, -0.15) is 0 Å². The molecule has 5 rings (SSSR count). The van der Waals surface area contributed by atoms with E-state index >= 15 is 0 Å². The number of aromatic nitrogens is 3. The molecule has 34 heavy (non-hydrogen) atoms. The second-order valence-corrected chi connectivity index (χ2v) is 8.70. The van der Waals surface area contributed by atoms with Gasteiger partial charge in [-0.15, -0.1) is 0 Å². The molecular formula is C24H24BrN5O4. The number of benzene rings is 2. The maximum Gasteiger partial charge on any atom is 0.161 e. The predicted octanol–water partition coefficient (Wildman–Crippen LogP) is 3.05. The zero-order valence-electron chi connectivity index (χ0n) is 18.5. The average Bonchev–Trinajstić information content (AvgIpc) is 3.18. The molecule has 3 heterocycles. The van der Waals surface area contributed by atoms with Crippen molar-refractivity contribution in [2.45, 2.75) is 6.04 Å². The van der Waals surface area contributed by atoms with E-state index in [-0.39, 0.29) is 13.2 Å². The highest BCUT2D eigenvalue weighted by atomic mass is 79.9. The molecule has 0 saturated carbocycles. The monoisotopic (exact) mass is 525 g/mol. The van der Waals surface area contributed by atoms with E-state index in [2.05, 4.69) is 36.3 Å². The number of fused-ring (bicyclic) bond motifs is 2. The minimum Gasteiger partial charge on any atom is -0.486 e. The maximum atomic E-state index is 9.30. The highest BCUT2D eigenvalue weighted by Gasteiger charge is 2.18. The number of aryl methyl sites for hydroxylation is 1. The molecule has 0 spiro atoms. The van der Waals surface area contributed by atoms with E-state index in [1.807, 2.05) is 54.2 Å². The third-order valence-electron chi connectivity index (χ3n) is 5.60. The van der Waals surface area contributed by atoms with Crippen LogP contribution < -0.4 is 20.1 Å². The number of nitrogens with zero attached hydrogens (tertiary/aromatic N) is 3. The van der Waals surface area contributed by atoms with E-state index in [0.29, 0.717) is 18.6 Å². The summed E-state index contributed by atoms with van der Waals surface area (Å²) in [7, 11) is 1.88. The fourth-order valence-electron chi connectivity index (χ4n) is 3.88. The number of aromatic amines is 1. The molecule has 2 aromatic rings. The number of aliphatic hydroxyl groups excluding tert-OH is 2. The largest absolute Gasteiger partial charge is 0.486 e. The fourth-order valence-corrected chi connectivity index (χ4v) is 4.47.